The normalized spacial score (nSPS) is 27.6. The molecule has 2 rings (SSSR count). The van der Waals surface area contributed by atoms with E-state index in [2.05, 4.69) is 24.1 Å². The molecule has 0 aromatic rings. The lowest BCUT2D eigenvalue weighted by molar-refractivity contribution is 0.134. The van der Waals surface area contributed by atoms with Crippen molar-refractivity contribution in [2.24, 2.45) is 0 Å². The van der Waals surface area contributed by atoms with Crippen molar-refractivity contribution >= 4 is 0 Å². The van der Waals surface area contributed by atoms with Gasteiger partial charge in [0.1, 0.15) is 0 Å². The van der Waals surface area contributed by atoms with Crippen LogP contribution in [0.5, 0.6) is 0 Å². The molecule has 1 aliphatic carbocycles. The molecule has 3 heteroatoms. The van der Waals surface area contributed by atoms with Crippen molar-refractivity contribution in [3.63, 3.8) is 0 Å². The summed E-state index contributed by atoms with van der Waals surface area (Å²) in [5.74, 6) is 0. The topological polar surface area (TPSA) is 35.5 Å². The van der Waals surface area contributed by atoms with E-state index in [0.717, 1.165) is 18.9 Å². The van der Waals surface area contributed by atoms with Crippen molar-refractivity contribution < 1.29 is 5.11 Å². The van der Waals surface area contributed by atoms with Crippen LogP contribution in [-0.2, 0) is 0 Å². The highest BCUT2D eigenvalue weighted by molar-refractivity contribution is 4.94. The highest BCUT2D eigenvalue weighted by atomic mass is 16.3. The van der Waals surface area contributed by atoms with E-state index in [4.69, 9.17) is 0 Å². The van der Waals surface area contributed by atoms with Crippen molar-refractivity contribution in [3.8, 4) is 0 Å². The first-order chi connectivity index (χ1) is 9.23. The predicted octanol–water partition coefficient (Wildman–Crippen LogP) is 2.53. The lowest BCUT2D eigenvalue weighted by Crippen LogP contribution is -2.49. The van der Waals surface area contributed by atoms with E-state index in [0.29, 0.717) is 6.04 Å². The van der Waals surface area contributed by atoms with E-state index >= 15 is 0 Å². The lowest BCUT2D eigenvalue weighted by atomic mass is 9.90. The first-order valence-electron chi connectivity index (χ1n) is 8.35. The third-order valence-electron chi connectivity index (χ3n) is 5.14. The molecule has 1 saturated carbocycles. The number of hydrogen-bond donors (Lipinski definition) is 2. The fraction of sp³-hybridized carbons (Fsp3) is 1.00. The van der Waals surface area contributed by atoms with Gasteiger partial charge >= 0.3 is 0 Å². The molecule has 0 aromatic carbocycles. The molecule has 19 heavy (non-hydrogen) atoms. The van der Waals surface area contributed by atoms with E-state index < -0.39 is 0 Å². The second-order valence-corrected chi connectivity index (χ2v) is 6.55. The summed E-state index contributed by atoms with van der Waals surface area (Å²) in [4.78, 5) is 2.66. The average Bonchev–Trinajstić information content (AvgIpc) is 3.13. The molecular formula is C16H32N2O. The van der Waals surface area contributed by atoms with Gasteiger partial charge in [0.15, 0.2) is 0 Å². The van der Waals surface area contributed by atoms with Crippen LogP contribution in [0.3, 0.4) is 0 Å². The van der Waals surface area contributed by atoms with Crippen LogP contribution in [0.25, 0.3) is 0 Å². The summed E-state index contributed by atoms with van der Waals surface area (Å²) >= 11 is 0. The molecule has 1 heterocycles. The minimum absolute atomic E-state index is 0.0113. The van der Waals surface area contributed by atoms with Gasteiger partial charge in [0.25, 0.3) is 0 Å². The van der Waals surface area contributed by atoms with Gasteiger partial charge in [-0.3, -0.25) is 0 Å². The SMILES string of the molecule is CCC1CCCN1CCCC(CC)(CO)NC1CC1. The van der Waals surface area contributed by atoms with Crippen LogP contribution in [0, 0.1) is 0 Å². The molecular weight excluding hydrogens is 236 g/mol. The van der Waals surface area contributed by atoms with Crippen molar-refractivity contribution in [3.05, 3.63) is 0 Å². The van der Waals surface area contributed by atoms with E-state index in [1.165, 1.54) is 51.6 Å². The Morgan fingerprint density at radius 1 is 1.26 bits per heavy atom. The molecule has 2 unspecified atom stereocenters. The quantitative estimate of drug-likeness (QED) is 0.674. The number of nitrogens with one attached hydrogen (secondary N) is 1. The minimum Gasteiger partial charge on any atom is -0.394 e. The van der Waals surface area contributed by atoms with E-state index in [1.807, 2.05) is 0 Å². The Kier molecular flexibility index (Phi) is 5.67. The predicted molar refractivity (Wildman–Crippen MR) is 80.4 cm³/mol. The van der Waals surface area contributed by atoms with Gasteiger partial charge in [-0.15, -0.1) is 0 Å². The Balaban J connectivity index is 1.75. The number of aliphatic hydroxyl groups excluding tert-OH is 1. The zero-order chi connectivity index (χ0) is 13.7. The van der Waals surface area contributed by atoms with E-state index in [1.54, 1.807) is 0 Å². The van der Waals surface area contributed by atoms with Crippen LogP contribution < -0.4 is 5.32 Å². The maximum absolute atomic E-state index is 9.77. The first kappa shape index (κ1) is 15.3. The van der Waals surface area contributed by atoms with Gasteiger partial charge in [-0.25, -0.2) is 0 Å². The summed E-state index contributed by atoms with van der Waals surface area (Å²) in [7, 11) is 0. The Morgan fingerprint density at radius 2 is 2.05 bits per heavy atom. The second-order valence-electron chi connectivity index (χ2n) is 6.55. The van der Waals surface area contributed by atoms with Crippen molar-refractivity contribution in [1.29, 1.82) is 0 Å². The molecule has 0 aromatic heterocycles. The Labute approximate surface area is 118 Å². The van der Waals surface area contributed by atoms with Crippen molar-refractivity contribution in [1.82, 2.24) is 10.2 Å². The average molecular weight is 268 g/mol. The highest BCUT2D eigenvalue weighted by Crippen LogP contribution is 2.27. The van der Waals surface area contributed by atoms with E-state index in [9.17, 15) is 5.11 Å². The molecule has 1 saturated heterocycles. The summed E-state index contributed by atoms with van der Waals surface area (Å²) in [5.41, 5.74) is -0.0113. The van der Waals surface area contributed by atoms with Gasteiger partial charge in [0.05, 0.1) is 6.61 Å². The minimum atomic E-state index is -0.0113. The van der Waals surface area contributed by atoms with Gasteiger partial charge in [0, 0.05) is 17.6 Å². The Hall–Kier alpha value is -0.120. The molecule has 0 bridgehead atoms. The van der Waals surface area contributed by atoms with Crippen molar-refractivity contribution in [2.45, 2.75) is 82.8 Å². The van der Waals surface area contributed by atoms with Gasteiger partial charge < -0.3 is 15.3 Å². The van der Waals surface area contributed by atoms with Gasteiger partial charge in [-0.1, -0.05) is 13.8 Å². The molecule has 2 atom stereocenters. The van der Waals surface area contributed by atoms with Gasteiger partial charge in [-0.2, -0.15) is 0 Å². The maximum atomic E-state index is 9.77. The number of aliphatic hydroxyl groups is 1. The van der Waals surface area contributed by atoms with Crippen LogP contribution in [0.4, 0.5) is 0 Å². The van der Waals surface area contributed by atoms with Crippen molar-refractivity contribution in [2.75, 3.05) is 19.7 Å². The fourth-order valence-electron chi connectivity index (χ4n) is 3.52. The standard InChI is InChI=1S/C16H32N2O/c1-3-15-7-5-11-18(15)12-6-10-16(4-2,13-19)17-14-8-9-14/h14-15,17,19H,3-13H2,1-2H3. The maximum Gasteiger partial charge on any atom is 0.0613 e. The van der Waals surface area contributed by atoms with Crippen LogP contribution in [0.2, 0.25) is 0 Å². The van der Waals surface area contributed by atoms with Gasteiger partial charge in [0.2, 0.25) is 0 Å². The third kappa shape index (κ3) is 4.17. The Morgan fingerprint density at radius 3 is 2.63 bits per heavy atom. The van der Waals surface area contributed by atoms with Crippen LogP contribution >= 0.6 is 0 Å². The summed E-state index contributed by atoms with van der Waals surface area (Å²) in [6, 6.07) is 1.50. The molecule has 0 amide bonds. The number of hydrogen-bond acceptors (Lipinski definition) is 3. The van der Waals surface area contributed by atoms with Crippen LogP contribution in [0.15, 0.2) is 0 Å². The molecule has 112 valence electrons. The van der Waals surface area contributed by atoms with Crippen LogP contribution in [-0.4, -0.2) is 47.3 Å². The Bertz CT molecular complexity index is 261. The summed E-state index contributed by atoms with van der Waals surface area (Å²) in [6.07, 6.45) is 10.0. The van der Waals surface area contributed by atoms with E-state index in [-0.39, 0.29) is 12.1 Å². The first-order valence-corrected chi connectivity index (χ1v) is 8.35. The summed E-state index contributed by atoms with van der Waals surface area (Å²) in [6.45, 7) is 7.30. The number of nitrogens with zero attached hydrogens (tertiary/aromatic N) is 1. The zero-order valence-electron chi connectivity index (χ0n) is 12.8. The smallest absolute Gasteiger partial charge is 0.0613 e. The molecule has 2 aliphatic rings. The second kappa shape index (κ2) is 7.05. The molecule has 0 radical (unpaired) electrons. The summed E-state index contributed by atoms with van der Waals surface area (Å²) < 4.78 is 0. The van der Waals surface area contributed by atoms with Crippen LogP contribution in [0.1, 0.15) is 65.2 Å². The lowest BCUT2D eigenvalue weighted by Gasteiger charge is -2.33. The highest BCUT2D eigenvalue weighted by Gasteiger charge is 2.34. The van der Waals surface area contributed by atoms with Gasteiger partial charge in [-0.05, 0) is 64.5 Å². The number of rotatable bonds is 9. The third-order valence-corrected chi connectivity index (χ3v) is 5.14. The summed E-state index contributed by atoms with van der Waals surface area (Å²) in [5, 5.41) is 13.5. The zero-order valence-corrected chi connectivity index (χ0v) is 12.8. The fourth-order valence-corrected chi connectivity index (χ4v) is 3.52. The monoisotopic (exact) mass is 268 g/mol. The number of likely N-dealkylation sites (tertiary alicyclic amines) is 1. The molecule has 1 aliphatic heterocycles. The largest absolute Gasteiger partial charge is 0.394 e. The molecule has 3 nitrogen and oxygen atoms in total. The molecule has 2 fully saturated rings. The molecule has 2 N–H and O–H groups in total. The molecule has 0 spiro atoms.